The highest BCUT2D eigenvalue weighted by atomic mass is 35.5. The normalized spacial score (nSPS) is 13.4. The van der Waals surface area contributed by atoms with Crippen LogP contribution in [-0.4, -0.2) is 26.6 Å². The van der Waals surface area contributed by atoms with Gasteiger partial charge >= 0.3 is 6.36 Å². The lowest BCUT2D eigenvalue weighted by atomic mass is 9.98. The number of alkyl halides is 3. The molecule has 5 nitrogen and oxygen atoms in total. The molecule has 1 aliphatic rings. The number of aryl methyl sites for hydroxylation is 1. The molecule has 0 unspecified atom stereocenters. The summed E-state index contributed by atoms with van der Waals surface area (Å²) in [5.41, 5.74) is 3.37. The van der Waals surface area contributed by atoms with Crippen molar-refractivity contribution in [3.8, 4) is 11.4 Å². The maximum Gasteiger partial charge on any atom is 0.573 e. The molecule has 2 aromatic heterocycles. The van der Waals surface area contributed by atoms with Gasteiger partial charge in [0.05, 0.1) is 28.7 Å². The number of hydrogen-bond donors (Lipinski definition) is 0. The topological polar surface area (TPSA) is 52.3 Å². The van der Waals surface area contributed by atoms with E-state index in [1.807, 2.05) is 13.0 Å². The third-order valence-electron chi connectivity index (χ3n) is 4.45. The molecule has 0 saturated heterocycles. The highest BCUT2D eigenvalue weighted by Gasteiger charge is 2.34. The molecule has 144 valence electrons. The maximum atomic E-state index is 12.9. The molecule has 3 heterocycles. The summed E-state index contributed by atoms with van der Waals surface area (Å²) in [6.07, 6.45) is -1.58. The van der Waals surface area contributed by atoms with E-state index in [9.17, 15) is 13.2 Å². The van der Waals surface area contributed by atoms with Crippen molar-refractivity contribution in [3.05, 3.63) is 70.0 Å². The first-order valence-corrected chi connectivity index (χ1v) is 8.72. The lowest BCUT2D eigenvalue weighted by Gasteiger charge is -2.20. The molecule has 9 heteroatoms. The van der Waals surface area contributed by atoms with E-state index in [0.717, 1.165) is 5.69 Å². The molecule has 0 atom stereocenters. The molecule has 0 aliphatic carbocycles. The van der Waals surface area contributed by atoms with Crippen molar-refractivity contribution in [2.75, 3.05) is 0 Å². The molecule has 1 aromatic carbocycles. The van der Waals surface area contributed by atoms with Gasteiger partial charge in [-0.2, -0.15) is 0 Å². The highest BCUT2D eigenvalue weighted by molar-refractivity contribution is 6.34. The molecule has 28 heavy (non-hydrogen) atoms. The molecular formula is C19H14ClF3N4O. The second-order valence-corrected chi connectivity index (χ2v) is 6.66. The Morgan fingerprint density at radius 2 is 1.96 bits per heavy atom. The summed E-state index contributed by atoms with van der Waals surface area (Å²) in [7, 11) is 0. The first kappa shape index (κ1) is 18.5. The fraction of sp³-hybridized carbons (Fsp3) is 0.211. The van der Waals surface area contributed by atoms with Crippen molar-refractivity contribution < 1.29 is 17.9 Å². The number of fused-ring (bicyclic) bond motifs is 3. The fourth-order valence-electron chi connectivity index (χ4n) is 3.29. The van der Waals surface area contributed by atoms with Crippen LogP contribution in [-0.2, 0) is 6.54 Å². The maximum absolute atomic E-state index is 12.9. The van der Waals surface area contributed by atoms with Gasteiger partial charge in [-0.25, -0.2) is 4.98 Å². The Hall–Kier alpha value is -2.87. The van der Waals surface area contributed by atoms with Gasteiger partial charge in [0.25, 0.3) is 0 Å². The number of pyridine rings is 1. The largest absolute Gasteiger partial charge is 0.573 e. The molecule has 0 N–H and O–H groups in total. The fourth-order valence-corrected chi connectivity index (χ4v) is 3.48. The molecular weight excluding hydrogens is 393 g/mol. The minimum Gasteiger partial charge on any atom is -0.404 e. The SMILES string of the molecule is Cc1c(Cl)c(OC(F)(F)F)cc2c1C(c1ccccn1)=NCc1ncc(C)n1-2. The molecule has 0 radical (unpaired) electrons. The summed E-state index contributed by atoms with van der Waals surface area (Å²) in [5, 5.41) is -0.124. The summed E-state index contributed by atoms with van der Waals surface area (Å²) in [4.78, 5) is 13.3. The van der Waals surface area contributed by atoms with Crippen LogP contribution in [0.1, 0.15) is 28.3 Å². The predicted molar refractivity (Wildman–Crippen MR) is 98.3 cm³/mol. The van der Waals surface area contributed by atoms with Gasteiger partial charge in [0.2, 0.25) is 0 Å². The van der Waals surface area contributed by atoms with E-state index in [4.69, 9.17) is 11.6 Å². The summed E-state index contributed by atoms with van der Waals surface area (Å²) in [5.74, 6) is 0.135. The van der Waals surface area contributed by atoms with E-state index in [0.29, 0.717) is 34.0 Å². The molecule has 0 fully saturated rings. The molecule has 0 spiro atoms. The van der Waals surface area contributed by atoms with Gasteiger partial charge in [-0.1, -0.05) is 17.7 Å². The standard InChI is InChI=1S/C19H14ClF3N4O/c1-10-8-25-15-9-26-18(12-5-3-4-6-24-12)16-11(2)17(20)14(28-19(21,22)23)7-13(16)27(10)15/h3-8H,9H2,1-2H3. The van der Waals surface area contributed by atoms with E-state index in [2.05, 4.69) is 19.7 Å². The third kappa shape index (κ3) is 3.13. The van der Waals surface area contributed by atoms with E-state index >= 15 is 0 Å². The Morgan fingerprint density at radius 1 is 1.18 bits per heavy atom. The van der Waals surface area contributed by atoms with Gasteiger partial charge in [-0.3, -0.25) is 14.5 Å². The number of benzene rings is 1. The van der Waals surface area contributed by atoms with Crippen molar-refractivity contribution >= 4 is 17.3 Å². The van der Waals surface area contributed by atoms with E-state index in [-0.39, 0.29) is 11.6 Å². The number of ether oxygens (including phenoxy) is 1. The highest BCUT2D eigenvalue weighted by Crippen LogP contribution is 2.40. The number of aromatic nitrogens is 3. The van der Waals surface area contributed by atoms with Crippen molar-refractivity contribution in [2.24, 2.45) is 4.99 Å². The lowest BCUT2D eigenvalue weighted by Crippen LogP contribution is -2.19. The average Bonchev–Trinajstić information content (AvgIpc) is 2.92. The molecule has 0 saturated carbocycles. The summed E-state index contributed by atoms with van der Waals surface area (Å²) in [6, 6.07) is 6.66. The lowest BCUT2D eigenvalue weighted by molar-refractivity contribution is -0.274. The third-order valence-corrected chi connectivity index (χ3v) is 4.91. The summed E-state index contributed by atoms with van der Waals surface area (Å²) < 4.78 is 44.6. The number of halogens is 4. The zero-order valence-electron chi connectivity index (χ0n) is 14.9. The van der Waals surface area contributed by atoms with Gasteiger partial charge in [-0.15, -0.1) is 13.2 Å². The smallest absolute Gasteiger partial charge is 0.404 e. The quantitative estimate of drug-likeness (QED) is 0.615. The molecule has 4 rings (SSSR count). The van der Waals surface area contributed by atoms with E-state index in [1.165, 1.54) is 6.07 Å². The molecule has 0 amide bonds. The van der Waals surface area contributed by atoms with Crippen LogP contribution < -0.4 is 4.74 Å². The molecule has 0 bridgehead atoms. The number of nitrogens with zero attached hydrogens (tertiary/aromatic N) is 4. The zero-order chi connectivity index (χ0) is 20.1. The molecule has 3 aromatic rings. The second-order valence-electron chi connectivity index (χ2n) is 6.29. The van der Waals surface area contributed by atoms with Gasteiger partial charge in [-0.05, 0) is 31.5 Å². The van der Waals surface area contributed by atoms with Crippen LogP contribution in [0.25, 0.3) is 5.69 Å². The number of hydrogen-bond acceptors (Lipinski definition) is 4. The first-order valence-electron chi connectivity index (χ1n) is 8.35. The van der Waals surface area contributed by atoms with Gasteiger partial charge in [0, 0.05) is 29.7 Å². The van der Waals surface area contributed by atoms with Gasteiger partial charge in [0.15, 0.2) is 0 Å². The van der Waals surface area contributed by atoms with Crippen LogP contribution in [0.2, 0.25) is 5.02 Å². The second kappa shape index (κ2) is 6.63. The number of imidazole rings is 1. The van der Waals surface area contributed by atoms with Crippen LogP contribution in [0.15, 0.2) is 41.7 Å². The Labute approximate surface area is 163 Å². The predicted octanol–water partition coefficient (Wildman–Crippen LogP) is 4.79. The van der Waals surface area contributed by atoms with E-state index in [1.54, 1.807) is 36.0 Å². The van der Waals surface area contributed by atoms with Crippen molar-refractivity contribution in [2.45, 2.75) is 26.8 Å². The summed E-state index contributed by atoms with van der Waals surface area (Å²) in [6.45, 7) is 3.71. The average molecular weight is 407 g/mol. The number of rotatable bonds is 2. The van der Waals surface area contributed by atoms with E-state index < -0.39 is 12.1 Å². The van der Waals surface area contributed by atoms with Crippen LogP contribution in [0.3, 0.4) is 0 Å². The Bertz CT molecular complexity index is 1090. The Kier molecular flexibility index (Phi) is 4.38. The first-order chi connectivity index (χ1) is 13.3. The summed E-state index contributed by atoms with van der Waals surface area (Å²) >= 11 is 6.26. The van der Waals surface area contributed by atoms with Gasteiger partial charge in [0.1, 0.15) is 11.6 Å². The molecule has 1 aliphatic heterocycles. The minimum absolute atomic E-state index is 0.124. The van der Waals surface area contributed by atoms with Crippen LogP contribution >= 0.6 is 11.6 Å². The van der Waals surface area contributed by atoms with Crippen LogP contribution in [0.5, 0.6) is 5.75 Å². The van der Waals surface area contributed by atoms with Crippen molar-refractivity contribution in [3.63, 3.8) is 0 Å². The van der Waals surface area contributed by atoms with Crippen molar-refractivity contribution in [1.82, 2.24) is 14.5 Å². The zero-order valence-corrected chi connectivity index (χ0v) is 15.6. The van der Waals surface area contributed by atoms with Crippen LogP contribution in [0.4, 0.5) is 13.2 Å². The van der Waals surface area contributed by atoms with Gasteiger partial charge < -0.3 is 4.74 Å². The monoisotopic (exact) mass is 406 g/mol. The van der Waals surface area contributed by atoms with Crippen LogP contribution in [0, 0.1) is 13.8 Å². The van der Waals surface area contributed by atoms with Crippen molar-refractivity contribution in [1.29, 1.82) is 0 Å². The number of aliphatic imine (C=N–C) groups is 1. The Morgan fingerprint density at radius 3 is 2.64 bits per heavy atom. The Balaban J connectivity index is 2.03. The minimum atomic E-state index is -4.86.